The van der Waals surface area contributed by atoms with Crippen molar-refractivity contribution in [2.24, 2.45) is 11.8 Å². The zero-order valence-corrected chi connectivity index (χ0v) is 9.58. The Labute approximate surface area is 90.5 Å². The van der Waals surface area contributed by atoms with E-state index in [1.807, 2.05) is 0 Å². The summed E-state index contributed by atoms with van der Waals surface area (Å²) in [5, 5.41) is 9.90. The Balaban J connectivity index is 1.82. The van der Waals surface area contributed by atoms with Crippen LogP contribution in [0.3, 0.4) is 0 Å². The van der Waals surface area contributed by atoms with Gasteiger partial charge in [-0.1, -0.05) is 0 Å². The Morgan fingerprint density at radius 3 is 2.73 bits per heavy atom. The van der Waals surface area contributed by atoms with Gasteiger partial charge in [-0.25, -0.2) is 8.42 Å². The molecule has 3 unspecified atom stereocenters. The largest absolute Gasteiger partial charge is 0.393 e. The molecule has 0 amide bonds. The summed E-state index contributed by atoms with van der Waals surface area (Å²) in [6.07, 6.45) is 1.85. The molecule has 88 valence electrons. The van der Waals surface area contributed by atoms with Crippen molar-refractivity contribution in [3.05, 3.63) is 0 Å². The van der Waals surface area contributed by atoms with Gasteiger partial charge in [0.15, 0.2) is 9.84 Å². The molecule has 0 radical (unpaired) electrons. The summed E-state index contributed by atoms with van der Waals surface area (Å²) in [5.74, 6) is 0.933. The molecule has 0 aromatic heterocycles. The standard InChI is InChI=1S/C10H18O4S/c11-10(9-1-3-14-6-9)5-8-2-4-15(12,13)7-8/h8-11H,1-7H2. The number of hydrogen-bond donors (Lipinski definition) is 1. The van der Waals surface area contributed by atoms with Gasteiger partial charge in [0, 0.05) is 12.5 Å². The maximum absolute atomic E-state index is 11.2. The molecule has 2 aliphatic heterocycles. The van der Waals surface area contributed by atoms with Crippen molar-refractivity contribution in [2.75, 3.05) is 24.7 Å². The molecule has 0 aliphatic carbocycles. The summed E-state index contributed by atoms with van der Waals surface area (Å²) in [7, 11) is -2.81. The Morgan fingerprint density at radius 1 is 1.40 bits per heavy atom. The number of sulfone groups is 1. The van der Waals surface area contributed by atoms with Gasteiger partial charge >= 0.3 is 0 Å². The highest BCUT2D eigenvalue weighted by atomic mass is 32.2. The van der Waals surface area contributed by atoms with E-state index in [-0.39, 0.29) is 23.7 Å². The van der Waals surface area contributed by atoms with Gasteiger partial charge < -0.3 is 9.84 Å². The second-order valence-corrected chi connectivity index (χ2v) is 6.92. The Bertz CT molecular complexity index is 305. The highest BCUT2D eigenvalue weighted by molar-refractivity contribution is 7.91. The maximum Gasteiger partial charge on any atom is 0.150 e. The van der Waals surface area contributed by atoms with Crippen LogP contribution >= 0.6 is 0 Å². The molecule has 3 atom stereocenters. The summed E-state index contributed by atoms with van der Waals surface area (Å²) < 4.78 is 27.7. The van der Waals surface area contributed by atoms with Gasteiger partial charge in [-0.15, -0.1) is 0 Å². The molecule has 2 saturated heterocycles. The third-order valence-electron chi connectivity index (χ3n) is 3.41. The molecule has 15 heavy (non-hydrogen) atoms. The molecule has 2 fully saturated rings. The van der Waals surface area contributed by atoms with Crippen molar-refractivity contribution in [3.8, 4) is 0 Å². The van der Waals surface area contributed by atoms with Crippen LogP contribution in [0.4, 0.5) is 0 Å². The third-order valence-corrected chi connectivity index (χ3v) is 5.25. The second-order valence-electron chi connectivity index (χ2n) is 4.70. The number of ether oxygens (including phenoxy) is 1. The van der Waals surface area contributed by atoms with E-state index in [0.29, 0.717) is 25.2 Å². The summed E-state index contributed by atoms with van der Waals surface area (Å²) >= 11 is 0. The van der Waals surface area contributed by atoms with E-state index in [9.17, 15) is 13.5 Å². The normalized spacial score (nSPS) is 36.9. The van der Waals surface area contributed by atoms with Gasteiger partial charge in [-0.3, -0.25) is 0 Å². The third kappa shape index (κ3) is 2.92. The predicted molar refractivity (Wildman–Crippen MR) is 56.3 cm³/mol. The summed E-state index contributed by atoms with van der Waals surface area (Å²) in [6, 6.07) is 0. The van der Waals surface area contributed by atoms with Crippen molar-refractivity contribution >= 4 is 9.84 Å². The smallest absolute Gasteiger partial charge is 0.150 e. The van der Waals surface area contributed by atoms with Crippen LogP contribution in [0.5, 0.6) is 0 Å². The van der Waals surface area contributed by atoms with Crippen molar-refractivity contribution in [1.82, 2.24) is 0 Å². The van der Waals surface area contributed by atoms with Crippen molar-refractivity contribution < 1.29 is 18.3 Å². The Morgan fingerprint density at radius 2 is 2.20 bits per heavy atom. The first kappa shape index (κ1) is 11.4. The van der Waals surface area contributed by atoms with Crippen LogP contribution in [0.2, 0.25) is 0 Å². The first-order valence-corrected chi connectivity index (χ1v) is 7.35. The van der Waals surface area contributed by atoms with E-state index in [4.69, 9.17) is 4.74 Å². The Hall–Kier alpha value is -0.130. The summed E-state index contributed by atoms with van der Waals surface area (Å²) in [5.41, 5.74) is 0. The molecule has 1 N–H and O–H groups in total. The Kier molecular flexibility index (Phi) is 3.33. The van der Waals surface area contributed by atoms with Gasteiger partial charge in [0.1, 0.15) is 0 Å². The van der Waals surface area contributed by atoms with E-state index in [1.165, 1.54) is 0 Å². The molecule has 2 aliphatic rings. The highest BCUT2D eigenvalue weighted by Gasteiger charge is 2.32. The van der Waals surface area contributed by atoms with Crippen LogP contribution in [0.1, 0.15) is 19.3 Å². The fourth-order valence-corrected chi connectivity index (χ4v) is 4.33. The SMILES string of the molecule is O=S1(=O)CCC(CC(O)C2CCOC2)C1. The number of hydrogen-bond acceptors (Lipinski definition) is 4. The lowest BCUT2D eigenvalue weighted by atomic mass is 9.92. The minimum atomic E-state index is -2.81. The molecule has 0 saturated carbocycles. The first-order valence-electron chi connectivity index (χ1n) is 5.53. The zero-order valence-electron chi connectivity index (χ0n) is 8.76. The molecule has 5 heteroatoms. The van der Waals surface area contributed by atoms with Crippen LogP contribution in [0.15, 0.2) is 0 Å². The van der Waals surface area contributed by atoms with E-state index >= 15 is 0 Å². The number of aliphatic hydroxyl groups is 1. The number of rotatable bonds is 3. The summed E-state index contributed by atoms with van der Waals surface area (Å²) in [4.78, 5) is 0. The second kappa shape index (κ2) is 4.39. The summed E-state index contributed by atoms with van der Waals surface area (Å²) in [6.45, 7) is 1.35. The molecule has 0 spiro atoms. The molecule has 2 rings (SSSR count). The lowest BCUT2D eigenvalue weighted by Gasteiger charge is -2.19. The fraction of sp³-hybridized carbons (Fsp3) is 1.00. The van der Waals surface area contributed by atoms with Gasteiger partial charge in [-0.05, 0) is 25.2 Å². The van der Waals surface area contributed by atoms with Gasteiger partial charge in [0.2, 0.25) is 0 Å². The molecular weight excluding hydrogens is 216 g/mol. The molecule has 4 nitrogen and oxygen atoms in total. The van der Waals surface area contributed by atoms with Crippen molar-refractivity contribution in [1.29, 1.82) is 0 Å². The van der Waals surface area contributed by atoms with E-state index in [0.717, 1.165) is 13.0 Å². The molecule has 2 heterocycles. The lowest BCUT2D eigenvalue weighted by Crippen LogP contribution is -2.24. The van der Waals surface area contributed by atoms with Crippen LogP contribution < -0.4 is 0 Å². The van der Waals surface area contributed by atoms with E-state index in [2.05, 4.69) is 0 Å². The number of aliphatic hydroxyl groups excluding tert-OH is 1. The van der Waals surface area contributed by atoms with Gasteiger partial charge in [0.25, 0.3) is 0 Å². The first-order chi connectivity index (χ1) is 7.07. The predicted octanol–water partition coefficient (Wildman–Crippen LogP) is 0.209. The van der Waals surface area contributed by atoms with Gasteiger partial charge in [0.05, 0.1) is 24.2 Å². The van der Waals surface area contributed by atoms with Crippen LogP contribution in [-0.4, -0.2) is 44.3 Å². The minimum Gasteiger partial charge on any atom is -0.393 e. The monoisotopic (exact) mass is 234 g/mol. The van der Waals surface area contributed by atoms with Crippen molar-refractivity contribution in [3.63, 3.8) is 0 Å². The van der Waals surface area contributed by atoms with Crippen molar-refractivity contribution in [2.45, 2.75) is 25.4 Å². The topological polar surface area (TPSA) is 63.6 Å². The van der Waals surface area contributed by atoms with E-state index < -0.39 is 9.84 Å². The quantitative estimate of drug-likeness (QED) is 0.758. The molecule has 0 aromatic rings. The lowest BCUT2D eigenvalue weighted by molar-refractivity contribution is 0.0736. The highest BCUT2D eigenvalue weighted by Crippen LogP contribution is 2.27. The van der Waals surface area contributed by atoms with E-state index in [1.54, 1.807) is 0 Å². The molecule has 0 aromatic carbocycles. The zero-order chi connectivity index (χ0) is 10.9. The minimum absolute atomic E-state index is 0.158. The average molecular weight is 234 g/mol. The fourth-order valence-electron chi connectivity index (χ4n) is 2.45. The molecule has 0 bridgehead atoms. The van der Waals surface area contributed by atoms with Gasteiger partial charge in [-0.2, -0.15) is 0 Å². The van der Waals surface area contributed by atoms with Crippen LogP contribution in [-0.2, 0) is 14.6 Å². The van der Waals surface area contributed by atoms with Crippen LogP contribution in [0, 0.1) is 11.8 Å². The van der Waals surface area contributed by atoms with Crippen LogP contribution in [0.25, 0.3) is 0 Å². The molecular formula is C10H18O4S. The maximum atomic E-state index is 11.2. The average Bonchev–Trinajstić information content (AvgIpc) is 2.74.